The van der Waals surface area contributed by atoms with Crippen molar-refractivity contribution < 1.29 is 0 Å². The first-order valence-corrected chi connectivity index (χ1v) is 17.0. The Kier molecular flexibility index (Phi) is 6.49. The minimum atomic E-state index is 1.10. The Bertz CT molecular complexity index is 2750. The fourth-order valence-corrected chi connectivity index (χ4v) is 7.64. The molecule has 0 aliphatic rings. The third-order valence-electron chi connectivity index (χ3n) is 10.0. The molecule has 50 heavy (non-hydrogen) atoms. The zero-order chi connectivity index (χ0) is 33.0. The molecule has 10 aromatic rings. The Balaban J connectivity index is 0.955. The van der Waals surface area contributed by atoms with Gasteiger partial charge in [0, 0.05) is 56.4 Å². The topological polar surface area (TPSA) is 22.8 Å². The molecule has 0 aliphatic heterocycles. The second kappa shape index (κ2) is 11.5. The summed E-state index contributed by atoms with van der Waals surface area (Å²) < 4.78 is 4.72. The normalized spacial score (nSPS) is 11.6. The van der Waals surface area contributed by atoms with E-state index >= 15 is 0 Å². The number of pyridine rings is 1. The average Bonchev–Trinajstić information content (AvgIpc) is 3.71. The molecular weight excluding hydrogens is 607 g/mol. The Morgan fingerprint density at radius 1 is 0.280 bits per heavy atom. The number of hydrogen-bond acceptors (Lipinski definition) is 1. The van der Waals surface area contributed by atoms with E-state index in [4.69, 9.17) is 0 Å². The van der Waals surface area contributed by atoms with E-state index in [9.17, 15) is 0 Å². The van der Waals surface area contributed by atoms with Crippen molar-refractivity contribution in [3.05, 3.63) is 188 Å². The molecule has 10 rings (SSSR count). The monoisotopic (exact) mass is 637 g/mol. The molecule has 0 radical (unpaired) electrons. The molecular formula is C47H31N3. The van der Waals surface area contributed by atoms with E-state index in [1.807, 2.05) is 12.4 Å². The summed E-state index contributed by atoms with van der Waals surface area (Å²) in [6.45, 7) is 0. The van der Waals surface area contributed by atoms with Gasteiger partial charge in [0.15, 0.2) is 0 Å². The first-order chi connectivity index (χ1) is 24.8. The van der Waals surface area contributed by atoms with Crippen LogP contribution in [0.15, 0.2) is 188 Å². The highest BCUT2D eigenvalue weighted by atomic mass is 15.0. The quantitative estimate of drug-likeness (QED) is 0.184. The molecule has 0 fully saturated rings. The van der Waals surface area contributed by atoms with Crippen molar-refractivity contribution in [2.75, 3.05) is 0 Å². The molecule has 3 aromatic heterocycles. The SMILES string of the molecule is c1cc(-c2ccc(-c3cncc(-c4ccc(-n5c6ccccc6c6ccccc65)cc4)c3)cc2)cc(-n2c3ccccc3c3ccccc32)c1. The van der Waals surface area contributed by atoms with Crippen LogP contribution in [0.1, 0.15) is 0 Å². The Hall–Kier alpha value is -6.71. The minimum Gasteiger partial charge on any atom is -0.309 e. The van der Waals surface area contributed by atoms with Crippen LogP contribution in [0.4, 0.5) is 0 Å². The highest BCUT2D eigenvalue weighted by Crippen LogP contribution is 2.35. The van der Waals surface area contributed by atoms with Gasteiger partial charge in [-0.2, -0.15) is 0 Å². The summed E-state index contributed by atoms with van der Waals surface area (Å²) in [5.41, 5.74) is 14.0. The van der Waals surface area contributed by atoms with E-state index in [0.29, 0.717) is 0 Å². The van der Waals surface area contributed by atoms with E-state index in [1.54, 1.807) is 0 Å². The molecule has 234 valence electrons. The van der Waals surface area contributed by atoms with Crippen LogP contribution in [0.3, 0.4) is 0 Å². The molecule has 0 spiro atoms. The summed E-state index contributed by atoms with van der Waals surface area (Å²) in [5.74, 6) is 0. The van der Waals surface area contributed by atoms with Crippen LogP contribution in [0, 0.1) is 0 Å². The van der Waals surface area contributed by atoms with Crippen LogP contribution < -0.4 is 0 Å². The Morgan fingerprint density at radius 2 is 0.680 bits per heavy atom. The minimum absolute atomic E-state index is 1.10. The molecule has 0 N–H and O–H groups in total. The maximum atomic E-state index is 4.65. The second-order valence-corrected chi connectivity index (χ2v) is 12.9. The second-order valence-electron chi connectivity index (χ2n) is 12.9. The maximum absolute atomic E-state index is 4.65. The van der Waals surface area contributed by atoms with E-state index < -0.39 is 0 Å². The van der Waals surface area contributed by atoms with Gasteiger partial charge >= 0.3 is 0 Å². The number of para-hydroxylation sites is 4. The molecule has 0 bridgehead atoms. The lowest BCUT2D eigenvalue weighted by atomic mass is 9.99. The van der Waals surface area contributed by atoms with Crippen molar-refractivity contribution >= 4 is 43.6 Å². The van der Waals surface area contributed by atoms with E-state index in [0.717, 1.165) is 33.6 Å². The summed E-state index contributed by atoms with van der Waals surface area (Å²) in [7, 11) is 0. The average molecular weight is 638 g/mol. The summed E-state index contributed by atoms with van der Waals surface area (Å²) in [6.07, 6.45) is 3.90. The van der Waals surface area contributed by atoms with Gasteiger partial charge in [-0.15, -0.1) is 0 Å². The number of fused-ring (bicyclic) bond motifs is 6. The molecule has 3 heterocycles. The fourth-order valence-electron chi connectivity index (χ4n) is 7.64. The molecule has 3 nitrogen and oxygen atoms in total. The maximum Gasteiger partial charge on any atom is 0.0541 e. The van der Waals surface area contributed by atoms with Gasteiger partial charge in [0.2, 0.25) is 0 Å². The third kappa shape index (κ3) is 4.56. The highest BCUT2D eigenvalue weighted by molar-refractivity contribution is 6.10. The van der Waals surface area contributed by atoms with Gasteiger partial charge in [0.1, 0.15) is 0 Å². The van der Waals surface area contributed by atoms with Gasteiger partial charge in [-0.05, 0) is 76.9 Å². The van der Waals surface area contributed by atoms with Crippen LogP contribution >= 0.6 is 0 Å². The molecule has 7 aromatic carbocycles. The van der Waals surface area contributed by atoms with E-state index in [2.05, 4.69) is 190 Å². The van der Waals surface area contributed by atoms with Crippen molar-refractivity contribution in [3.8, 4) is 44.8 Å². The molecule has 0 amide bonds. The molecule has 0 saturated carbocycles. The van der Waals surface area contributed by atoms with Crippen molar-refractivity contribution in [2.45, 2.75) is 0 Å². The van der Waals surface area contributed by atoms with Crippen LogP contribution in [0.25, 0.3) is 88.4 Å². The zero-order valence-electron chi connectivity index (χ0n) is 27.2. The number of benzene rings is 7. The molecule has 3 heteroatoms. The van der Waals surface area contributed by atoms with Gasteiger partial charge < -0.3 is 9.13 Å². The molecule has 0 unspecified atom stereocenters. The largest absolute Gasteiger partial charge is 0.309 e. The van der Waals surface area contributed by atoms with Gasteiger partial charge in [0.25, 0.3) is 0 Å². The Morgan fingerprint density at radius 3 is 1.16 bits per heavy atom. The molecule has 0 saturated heterocycles. The van der Waals surface area contributed by atoms with Gasteiger partial charge in [-0.25, -0.2) is 0 Å². The zero-order valence-corrected chi connectivity index (χ0v) is 27.2. The number of aromatic nitrogens is 3. The van der Waals surface area contributed by atoms with Crippen molar-refractivity contribution in [3.63, 3.8) is 0 Å². The van der Waals surface area contributed by atoms with Crippen LogP contribution in [-0.4, -0.2) is 14.1 Å². The van der Waals surface area contributed by atoms with Crippen LogP contribution in [-0.2, 0) is 0 Å². The smallest absolute Gasteiger partial charge is 0.0541 e. The number of nitrogens with zero attached hydrogens (tertiary/aromatic N) is 3. The van der Waals surface area contributed by atoms with Crippen molar-refractivity contribution in [1.82, 2.24) is 14.1 Å². The lowest BCUT2D eigenvalue weighted by Gasteiger charge is -2.11. The van der Waals surface area contributed by atoms with Gasteiger partial charge in [0.05, 0.1) is 22.1 Å². The van der Waals surface area contributed by atoms with Gasteiger partial charge in [-0.1, -0.05) is 121 Å². The number of hydrogen-bond donors (Lipinski definition) is 0. The molecule has 0 aliphatic carbocycles. The van der Waals surface area contributed by atoms with Crippen LogP contribution in [0.2, 0.25) is 0 Å². The standard InChI is InChI=1S/C47H31N3/c1-5-16-44-40(12-1)41-13-2-6-17-45(41)49(44)38-26-24-34(25-27-38)37-28-36(30-48-31-37)33-22-20-32(21-23-33)35-10-9-11-39(29-35)50-46-18-7-3-14-42(46)43-15-4-8-19-47(43)50/h1-31H. The first-order valence-electron chi connectivity index (χ1n) is 17.0. The van der Waals surface area contributed by atoms with Gasteiger partial charge in [-0.3, -0.25) is 4.98 Å². The fraction of sp³-hybridized carbons (Fsp3) is 0. The first kappa shape index (κ1) is 28.3. The van der Waals surface area contributed by atoms with E-state index in [-0.39, 0.29) is 0 Å². The lowest BCUT2D eigenvalue weighted by Crippen LogP contribution is -1.94. The predicted octanol–water partition coefficient (Wildman–Crippen LogP) is 12.3. The summed E-state index contributed by atoms with van der Waals surface area (Å²) in [4.78, 5) is 4.65. The van der Waals surface area contributed by atoms with Crippen LogP contribution in [0.5, 0.6) is 0 Å². The summed E-state index contributed by atoms with van der Waals surface area (Å²) in [6, 6.07) is 63.3. The Labute approximate surface area is 290 Å². The van der Waals surface area contributed by atoms with Crippen molar-refractivity contribution in [2.24, 2.45) is 0 Å². The number of rotatable bonds is 5. The molecule has 0 atom stereocenters. The third-order valence-corrected chi connectivity index (χ3v) is 10.0. The lowest BCUT2D eigenvalue weighted by molar-refractivity contribution is 1.18. The highest BCUT2D eigenvalue weighted by Gasteiger charge is 2.14. The van der Waals surface area contributed by atoms with Crippen molar-refractivity contribution in [1.29, 1.82) is 0 Å². The predicted molar refractivity (Wildman–Crippen MR) is 209 cm³/mol. The van der Waals surface area contributed by atoms with E-state index in [1.165, 1.54) is 54.7 Å². The summed E-state index contributed by atoms with van der Waals surface area (Å²) in [5, 5.41) is 5.08. The summed E-state index contributed by atoms with van der Waals surface area (Å²) >= 11 is 0.